The highest BCUT2D eigenvalue weighted by atomic mass is 32.2. The Morgan fingerprint density at radius 2 is 1.71 bits per heavy atom. The smallest absolute Gasteiger partial charge is 0.339 e. The zero-order valence-corrected chi connectivity index (χ0v) is 41.5. The van der Waals surface area contributed by atoms with Gasteiger partial charge in [0.25, 0.3) is 11.8 Å². The number of fused-ring (bicyclic) bond motifs is 11. The number of amides is 3. The molecule has 1 fully saturated rings. The van der Waals surface area contributed by atoms with Crippen LogP contribution in [-0.2, 0) is 53.7 Å². The second-order valence-electron chi connectivity index (χ2n) is 19.3. The molecular formula is C51H59N5O13S. The average Bonchev–Trinajstić information content (AvgIpc) is 4.07. The van der Waals surface area contributed by atoms with Gasteiger partial charge in [-0.05, 0) is 75.0 Å². The maximum atomic E-state index is 15.6. The maximum absolute atomic E-state index is 15.6. The van der Waals surface area contributed by atoms with E-state index in [4.69, 9.17) is 28.4 Å². The number of aliphatic hydroxyl groups is 1. The number of aromatic nitrogens is 1. The van der Waals surface area contributed by atoms with E-state index in [1.165, 1.54) is 37.9 Å². The monoisotopic (exact) mass is 981 g/mol. The van der Waals surface area contributed by atoms with Crippen LogP contribution >= 0.6 is 11.8 Å². The number of aromatic amines is 1. The normalized spacial score (nSPS) is 24.6. The molecule has 0 radical (unpaired) electrons. The number of aryl methyl sites for hydroxylation is 1. The summed E-state index contributed by atoms with van der Waals surface area (Å²) in [6, 6.07) is 6.02. The van der Waals surface area contributed by atoms with Gasteiger partial charge in [-0.25, -0.2) is 4.79 Å². The lowest BCUT2D eigenvalue weighted by molar-refractivity contribution is -0.169. The first-order valence-corrected chi connectivity index (χ1v) is 24.4. The zero-order valence-electron chi connectivity index (χ0n) is 40.7. The Bertz CT molecular complexity index is 2860. The molecular weight excluding hydrogens is 923 g/mol. The standard InChI is InChI=1S/C47H56N4O11S.C4H3NO2/c1-10-14-46(5,6)44(55)51-15-13-27-28-18-26(57-8)11-12-30(28)48-42(27)47(51)20-63-41(33-29(19-59-45(47)56)40-39(60-21-61-40)23(3)38(33)62-24(4)52)34-35-32-25(16-22(2)37(58-9)36(32)53)17-31(50(35)7)43(54)49-34;6-3-1-2-4(7)5-3/h11-12,16,18,31,34-35,41,43,48-49,53-54H,10,13-15,17,19-21H2,1-9H3;1-2H,(H,5,6,7)/t31?,34?,35-,41-,43?,47-;/m1./s1. The summed E-state index contributed by atoms with van der Waals surface area (Å²) in [6.45, 7) is 10.6. The lowest BCUT2D eigenvalue weighted by Crippen LogP contribution is -2.66. The van der Waals surface area contributed by atoms with E-state index < -0.39 is 46.5 Å². The maximum Gasteiger partial charge on any atom is 0.339 e. The minimum atomic E-state index is -1.70. The lowest BCUT2D eigenvalue weighted by Gasteiger charge is -2.54. The molecule has 1 saturated heterocycles. The number of imide groups is 1. The Morgan fingerprint density at radius 3 is 2.37 bits per heavy atom. The number of nitrogens with zero attached hydrogens (tertiary/aromatic N) is 2. The van der Waals surface area contributed by atoms with Crippen LogP contribution in [0.25, 0.3) is 10.9 Å². The van der Waals surface area contributed by atoms with Gasteiger partial charge in [0.1, 0.15) is 24.3 Å². The zero-order chi connectivity index (χ0) is 50.1. The van der Waals surface area contributed by atoms with Crippen LogP contribution in [0.2, 0.25) is 0 Å². The summed E-state index contributed by atoms with van der Waals surface area (Å²) in [5.74, 6) is -0.162. The van der Waals surface area contributed by atoms with Gasteiger partial charge in [-0.1, -0.05) is 33.3 Å². The van der Waals surface area contributed by atoms with Crippen molar-refractivity contribution in [3.05, 3.63) is 81.1 Å². The number of phenolic OH excluding ortho intramolecular Hbond substituents is 1. The van der Waals surface area contributed by atoms with E-state index in [0.717, 1.165) is 34.0 Å². The first-order valence-electron chi connectivity index (χ1n) is 23.4. The molecule has 18 nitrogen and oxygen atoms in total. The Balaban J connectivity index is 0.000000800. The number of piperazine rings is 1. The van der Waals surface area contributed by atoms with Crippen molar-refractivity contribution < 1.29 is 62.6 Å². The number of aromatic hydroxyl groups is 1. The number of thioether (sulfide) groups is 1. The first kappa shape index (κ1) is 48.7. The molecule has 4 aromatic rings. The third-order valence-corrected chi connectivity index (χ3v) is 16.1. The summed E-state index contributed by atoms with van der Waals surface area (Å²) in [5, 5.41) is 29.9. The quantitative estimate of drug-likeness (QED) is 0.0913. The molecule has 1 spiro atoms. The summed E-state index contributed by atoms with van der Waals surface area (Å²) in [6.07, 6.45) is 3.62. The van der Waals surface area contributed by atoms with Gasteiger partial charge in [0.15, 0.2) is 28.5 Å². The Labute approximate surface area is 409 Å². The fourth-order valence-electron chi connectivity index (χ4n) is 11.4. The van der Waals surface area contributed by atoms with Crippen molar-refractivity contribution >= 4 is 52.3 Å². The van der Waals surface area contributed by atoms with Crippen LogP contribution in [0.15, 0.2) is 36.4 Å². The van der Waals surface area contributed by atoms with Crippen molar-refractivity contribution in [3.63, 3.8) is 0 Å². The molecule has 372 valence electrons. The molecule has 3 unspecified atom stereocenters. The van der Waals surface area contributed by atoms with E-state index in [1.807, 2.05) is 64.3 Å². The highest BCUT2D eigenvalue weighted by molar-refractivity contribution is 7.99. The van der Waals surface area contributed by atoms with E-state index in [0.29, 0.717) is 70.2 Å². The Kier molecular flexibility index (Phi) is 12.9. The molecule has 5 N–H and O–H groups in total. The average molecular weight is 982 g/mol. The second kappa shape index (κ2) is 18.5. The fraction of sp³-hybridized carbons (Fsp3) is 0.471. The number of methoxy groups -OCH3 is 2. The van der Waals surface area contributed by atoms with Gasteiger partial charge in [-0.2, -0.15) is 0 Å². The highest BCUT2D eigenvalue weighted by Gasteiger charge is 2.59. The van der Waals surface area contributed by atoms with E-state index in [2.05, 4.69) is 15.2 Å². The number of carbonyl (C=O) groups is 5. The van der Waals surface area contributed by atoms with Crippen molar-refractivity contribution in [2.24, 2.45) is 5.41 Å². The van der Waals surface area contributed by atoms with Gasteiger partial charge >= 0.3 is 11.9 Å². The summed E-state index contributed by atoms with van der Waals surface area (Å²) in [5.41, 5.74) is 3.39. The third-order valence-electron chi connectivity index (χ3n) is 14.6. The summed E-state index contributed by atoms with van der Waals surface area (Å²) in [4.78, 5) is 71.4. The molecule has 10 rings (SSSR count). The molecule has 3 amide bonds. The van der Waals surface area contributed by atoms with Gasteiger partial charge in [0.2, 0.25) is 12.7 Å². The predicted molar refractivity (Wildman–Crippen MR) is 257 cm³/mol. The number of cyclic esters (lactones) is 1. The fourth-order valence-corrected chi connectivity index (χ4v) is 13.1. The third kappa shape index (κ3) is 7.90. The number of hydrogen-bond donors (Lipinski definition) is 5. The molecule has 0 saturated carbocycles. The Morgan fingerprint density at radius 1 is 0.986 bits per heavy atom. The summed E-state index contributed by atoms with van der Waals surface area (Å²) in [7, 11) is 5.06. The largest absolute Gasteiger partial charge is 0.504 e. The highest BCUT2D eigenvalue weighted by Crippen LogP contribution is 2.59. The number of nitrogens with one attached hydrogen (secondary N) is 3. The van der Waals surface area contributed by atoms with E-state index in [-0.39, 0.29) is 61.0 Å². The minimum absolute atomic E-state index is 0.00306. The van der Waals surface area contributed by atoms with Crippen LogP contribution in [0.3, 0.4) is 0 Å². The van der Waals surface area contributed by atoms with Gasteiger partial charge in [-0.15, -0.1) is 11.8 Å². The van der Waals surface area contributed by atoms with Crippen molar-refractivity contribution in [1.82, 2.24) is 25.4 Å². The molecule has 70 heavy (non-hydrogen) atoms. The van der Waals surface area contributed by atoms with Crippen LogP contribution in [0, 0.1) is 19.3 Å². The molecule has 1 aromatic heterocycles. The number of hydrogen-bond acceptors (Lipinski definition) is 16. The van der Waals surface area contributed by atoms with E-state index >= 15 is 9.59 Å². The molecule has 7 heterocycles. The van der Waals surface area contributed by atoms with Crippen molar-refractivity contribution in [2.45, 2.75) is 109 Å². The lowest BCUT2D eigenvalue weighted by atomic mass is 9.77. The number of benzene rings is 3. The molecule has 2 bridgehead atoms. The number of carbonyl (C=O) groups excluding carboxylic acids is 5. The van der Waals surface area contributed by atoms with Crippen LogP contribution in [-0.4, -0.2) is 113 Å². The first-order chi connectivity index (χ1) is 33.4. The number of H-pyrrole nitrogens is 1. The number of rotatable bonds is 7. The number of esters is 2. The van der Waals surface area contributed by atoms with Crippen LogP contribution < -0.4 is 34.3 Å². The molecule has 6 aliphatic heterocycles. The SMILES string of the molecule is CCCC(C)(C)C(=O)N1CCc2c([nH]c3ccc(OC)cc23)[C@@]12CS[C@@H](C1NC(O)C3Cc4cc(C)c(OC)c(O)c4[C@H]1N3C)c1c(c3c(c(C)c1OC(C)=O)OCO3)COC2=O.O=C1C=CC(=O)N1. The van der Waals surface area contributed by atoms with Gasteiger partial charge in [0, 0.05) is 76.0 Å². The molecule has 6 aliphatic rings. The minimum Gasteiger partial charge on any atom is -0.504 e. The second-order valence-corrected chi connectivity index (χ2v) is 20.4. The van der Waals surface area contributed by atoms with E-state index in [1.54, 1.807) is 18.9 Å². The molecule has 0 aliphatic carbocycles. The van der Waals surface area contributed by atoms with Crippen molar-refractivity contribution in [3.8, 4) is 34.5 Å². The molecule has 19 heteroatoms. The van der Waals surface area contributed by atoms with E-state index in [9.17, 15) is 24.6 Å². The van der Waals surface area contributed by atoms with Crippen molar-refractivity contribution in [2.75, 3.05) is 40.4 Å². The predicted octanol–water partition coefficient (Wildman–Crippen LogP) is 5.19. The van der Waals surface area contributed by atoms with Gasteiger partial charge in [-0.3, -0.25) is 34.7 Å². The number of ether oxygens (including phenoxy) is 6. The van der Waals surface area contributed by atoms with Crippen LogP contribution in [0.1, 0.15) is 96.5 Å². The van der Waals surface area contributed by atoms with Gasteiger partial charge < -0.3 is 48.5 Å². The van der Waals surface area contributed by atoms with Gasteiger partial charge in [0.05, 0.1) is 37.2 Å². The number of likely N-dealkylation sites (N-methyl/N-ethyl adjacent to an activating group) is 1. The summed E-state index contributed by atoms with van der Waals surface area (Å²) >= 11 is 1.39. The molecule has 6 atom stereocenters. The van der Waals surface area contributed by atoms with Crippen LogP contribution in [0.4, 0.5) is 0 Å². The number of aliphatic hydroxyl groups excluding tert-OH is 1. The van der Waals surface area contributed by atoms with Crippen molar-refractivity contribution in [1.29, 1.82) is 0 Å². The topological polar surface area (TPSA) is 228 Å². The summed E-state index contributed by atoms with van der Waals surface area (Å²) < 4.78 is 36.3. The van der Waals surface area contributed by atoms with Crippen LogP contribution in [0.5, 0.6) is 34.5 Å². The number of phenols is 1. The molecule has 3 aromatic carbocycles. The Hall–Kier alpha value is -6.28.